The van der Waals surface area contributed by atoms with Crippen LogP contribution in [0.3, 0.4) is 0 Å². The first-order valence-electron chi connectivity index (χ1n) is 4.41. The molecule has 0 saturated carbocycles. The summed E-state index contributed by atoms with van der Waals surface area (Å²) in [5.74, 6) is 1.27. The summed E-state index contributed by atoms with van der Waals surface area (Å²) in [7, 11) is 0. The van der Waals surface area contributed by atoms with Crippen LogP contribution in [0.1, 0.15) is 0 Å². The molecule has 1 heterocycles. The second kappa shape index (κ2) is 4.39. The molecule has 0 aliphatic carbocycles. The van der Waals surface area contributed by atoms with E-state index in [1.54, 1.807) is 12.1 Å². The van der Waals surface area contributed by atoms with Gasteiger partial charge in [0.2, 0.25) is 0 Å². The topological polar surface area (TPSA) is 18.5 Å². The fourth-order valence-corrected chi connectivity index (χ4v) is 1.45. The molecule has 2 rings (SSSR count). The monoisotopic (exact) mass is 232 g/mol. The summed E-state index contributed by atoms with van der Waals surface area (Å²) in [6.45, 7) is 2.26. The molecular formula is C10H10Cl2O2. The average molecular weight is 233 g/mol. The highest BCUT2D eigenvalue weighted by molar-refractivity contribution is 6.42. The zero-order valence-electron chi connectivity index (χ0n) is 7.50. The zero-order chi connectivity index (χ0) is 9.97. The van der Waals surface area contributed by atoms with Gasteiger partial charge in [0.1, 0.15) is 5.75 Å². The SMILES string of the molecule is Clc1ccc(OCC2COC2)cc1Cl. The summed E-state index contributed by atoms with van der Waals surface area (Å²) in [5.41, 5.74) is 0. The van der Waals surface area contributed by atoms with Gasteiger partial charge in [-0.05, 0) is 12.1 Å². The Morgan fingerprint density at radius 2 is 2.07 bits per heavy atom. The van der Waals surface area contributed by atoms with Crippen LogP contribution in [0, 0.1) is 5.92 Å². The van der Waals surface area contributed by atoms with Gasteiger partial charge >= 0.3 is 0 Å². The minimum atomic E-state index is 0.518. The van der Waals surface area contributed by atoms with Gasteiger partial charge < -0.3 is 9.47 Å². The lowest BCUT2D eigenvalue weighted by molar-refractivity contribution is -0.0508. The smallest absolute Gasteiger partial charge is 0.120 e. The third-order valence-electron chi connectivity index (χ3n) is 2.08. The normalized spacial score (nSPS) is 16.4. The second-order valence-electron chi connectivity index (χ2n) is 3.29. The number of benzene rings is 1. The summed E-state index contributed by atoms with van der Waals surface area (Å²) in [6.07, 6.45) is 0. The van der Waals surface area contributed by atoms with Crippen molar-refractivity contribution in [3.63, 3.8) is 0 Å². The minimum Gasteiger partial charge on any atom is -0.493 e. The molecule has 0 bridgehead atoms. The largest absolute Gasteiger partial charge is 0.493 e. The highest BCUT2D eigenvalue weighted by Gasteiger charge is 2.18. The van der Waals surface area contributed by atoms with Crippen molar-refractivity contribution in [2.45, 2.75) is 0 Å². The van der Waals surface area contributed by atoms with Crippen molar-refractivity contribution in [2.75, 3.05) is 19.8 Å². The van der Waals surface area contributed by atoms with Gasteiger partial charge in [0.25, 0.3) is 0 Å². The van der Waals surface area contributed by atoms with E-state index in [2.05, 4.69) is 0 Å². The van der Waals surface area contributed by atoms with Crippen LogP contribution in [0.25, 0.3) is 0 Å². The Hall–Kier alpha value is -0.440. The Labute approximate surface area is 92.7 Å². The zero-order valence-corrected chi connectivity index (χ0v) is 9.02. The second-order valence-corrected chi connectivity index (χ2v) is 4.10. The molecule has 0 N–H and O–H groups in total. The van der Waals surface area contributed by atoms with Crippen molar-refractivity contribution in [3.05, 3.63) is 28.2 Å². The molecule has 1 fully saturated rings. The van der Waals surface area contributed by atoms with Crippen LogP contribution in [-0.2, 0) is 4.74 Å². The van der Waals surface area contributed by atoms with Gasteiger partial charge in [-0.2, -0.15) is 0 Å². The van der Waals surface area contributed by atoms with Crippen LogP contribution in [0.15, 0.2) is 18.2 Å². The summed E-state index contributed by atoms with van der Waals surface area (Å²) < 4.78 is 10.6. The molecule has 1 aromatic carbocycles. The van der Waals surface area contributed by atoms with E-state index in [0.29, 0.717) is 22.6 Å². The maximum absolute atomic E-state index is 5.84. The standard InChI is InChI=1S/C10H10Cl2O2/c11-9-2-1-8(3-10(9)12)14-6-7-4-13-5-7/h1-3,7H,4-6H2. The Balaban J connectivity index is 1.91. The van der Waals surface area contributed by atoms with Crippen molar-refractivity contribution in [2.24, 2.45) is 5.92 Å². The minimum absolute atomic E-state index is 0.518. The van der Waals surface area contributed by atoms with Crippen molar-refractivity contribution in [3.8, 4) is 5.75 Å². The number of hydrogen-bond acceptors (Lipinski definition) is 2. The van der Waals surface area contributed by atoms with Crippen LogP contribution in [-0.4, -0.2) is 19.8 Å². The lowest BCUT2D eigenvalue weighted by Crippen LogP contribution is -2.32. The van der Waals surface area contributed by atoms with Crippen LogP contribution < -0.4 is 4.74 Å². The maximum Gasteiger partial charge on any atom is 0.120 e. The first kappa shape index (κ1) is 10.1. The number of rotatable bonds is 3. The van der Waals surface area contributed by atoms with Crippen LogP contribution in [0.5, 0.6) is 5.75 Å². The Bertz CT molecular complexity index is 324. The highest BCUT2D eigenvalue weighted by Crippen LogP contribution is 2.26. The summed E-state index contributed by atoms with van der Waals surface area (Å²) in [6, 6.07) is 5.27. The lowest BCUT2D eigenvalue weighted by Gasteiger charge is -2.25. The van der Waals surface area contributed by atoms with Gasteiger partial charge in [0.05, 0.1) is 29.9 Å². The fourth-order valence-electron chi connectivity index (χ4n) is 1.16. The molecule has 1 saturated heterocycles. The molecule has 1 aromatic rings. The van der Waals surface area contributed by atoms with Gasteiger partial charge in [-0.1, -0.05) is 23.2 Å². The van der Waals surface area contributed by atoms with E-state index in [0.717, 1.165) is 19.0 Å². The van der Waals surface area contributed by atoms with Gasteiger partial charge in [-0.25, -0.2) is 0 Å². The Morgan fingerprint density at radius 1 is 1.29 bits per heavy atom. The van der Waals surface area contributed by atoms with E-state index < -0.39 is 0 Å². The fraction of sp³-hybridized carbons (Fsp3) is 0.400. The first-order chi connectivity index (χ1) is 6.75. The molecular weight excluding hydrogens is 223 g/mol. The summed E-state index contributed by atoms with van der Waals surface area (Å²) in [5, 5.41) is 1.07. The molecule has 0 radical (unpaired) electrons. The molecule has 0 amide bonds. The van der Waals surface area contributed by atoms with Crippen LogP contribution >= 0.6 is 23.2 Å². The summed E-state index contributed by atoms with van der Waals surface area (Å²) >= 11 is 11.6. The van der Waals surface area contributed by atoms with Gasteiger partial charge in [-0.3, -0.25) is 0 Å². The van der Waals surface area contributed by atoms with E-state index in [-0.39, 0.29) is 0 Å². The number of ether oxygens (including phenoxy) is 2. The lowest BCUT2D eigenvalue weighted by atomic mass is 10.1. The molecule has 0 atom stereocenters. The molecule has 4 heteroatoms. The van der Waals surface area contributed by atoms with Gasteiger partial charge in [0.15, 0.2) is 0 Å². The Morgan fingerprint density at radius 3 is 2.64 bits per heavy atom. The van der Waals surface area contributed by atoms with Crippen molar-refractivity contribution >= 4 is 23.2 Å². The van der Waals surface area contributed by atoms with E-state index in [9.17, 15) is 0 Å². The predicted octanol–water partition coefficient (Wildman–Crippen LogP) is 3.02. The third kappa shape index (κ3) is 2.32. The quantitative estimate of drug-likeness (QED) is 0.798. The molecule has 0 unspecified atom stereocenters. The highest BCUT2D eigenvalue weighted by atomic mass is 35.5. The molecule has 0 spiro atoms. The third-order valence-corrected chi connectivity index (χ3v) is 2.82. The first-order valence-corrected chi connectivity index (χ1v) is 5.17. The molecule has 2 nitrogen and oxygen atoms in total. The van der Waals surface area contributed by atoms with E-state index in [4.69, 9.17) is 32.7 Å². The van der Waals surface area contributed by atoms with Crippen molar-refractivity contribution in [1.82, 2.24) is 0 Å². The maximum atomic E-state index is 5.84. The summed E-state index contributed by atoms with van der Waals surface area (Å²) in [4.78, 5) is 0. The molecule has 14 heavy (non-hydrogen) atoms. The van der Waals surface area contributed by atoms with Crippen LogP contribution in [0.2, 0.25) is 10.0 Å². The van der Waals surface area contributed by atoms with E-state index in [1.807, 2.05) is 6.07 Å². The molecule has 0 aromatic heterocycles. The average Bonchev–Trinajstić information content (AvgIpc) is 2.08. The van der Waals surface area contributed by atoms with E-state index in [1.165, 1.54) is 0 Å². The molecule has 76 valence electrons. The molecule has 1 aliphatic heterocycles. The number of halogens is 2. The van der Waals surface area contributed by atoms with Crippen molar-refractivity contribution < 1.29 is 9.47 Å². The predicted molar refractivity (Wildman–Crippen MR) is 56.3 cm³/mol. The van der Waals surface area contributed by atoms with E-state index >= 15 is 0 Å². The van der Waals surface area contributed by atoms with Crippen molar-refractivity contribution in [1.29, 1.82) is 0 Å². The van der Waals surface area contributed by atoms with Crippen LogP contribution in [0.4, 0.5) is 0 Å². The number of hydrogen-bond donors (Lipinski definition) is 0. The van der Waals surface area contributed by atoms with Gasteiger partial charge in [0, 0.05) is 12.0 Å². The molecule has 1 aliphatic rings. The van der Waals surface area contributed by atoms with Gasteiger partial charge in [-0.15, -0.1) is 0 Å². The Kier molecular flexibility index (Phi) is 3.16.